The van der Waals surface area contributed by atoms with Crippen LogP contribution in [0.2, 0.25) is 0 Å². The minimum absolute atomic E-state index is 0.501. The van der Waals surface area contributed by atoms with Crippen LogP contribution in [0.3, 0.4) is 0 Å². The van der Waals surface area contributed by atoms with Crippen LogP contribution in [0.25, 0.3) is 0 Å². The molecule has 0 unspecified atom stereocenters. The summed E-state index contributed by atoms with van der Waals surface area (Å²) in [5.41, 5.74) is 5.77. The van der Waals surface area contributed by atoms with Crippen LogP contribution in [0.5, 0.6) is 0 Å². The molecule has 1 aliphatic carbocycles. The van der Waals surface area contributed by atoms with Crippen molar-refractivity contribution in [2.75, 3.05) is 17.2 Å². The monoisotopic (exact) mass is 190 g/mol. The molecule has 14 heavy (non-hydrogen) atoms. The molecule has 0 bridgehead atoms. The maximum atomic E-state index is 5.77. The van der Waals surface area contributed by atoms with Gasteiger partial charge in [0.2, 0.25) is 0 Å². The van der Waals surface area contributed by atoms with Gasteiger partial charge in [-0.2, -0.15) is 0 Å². The molecule has 0 atom stereocenters. The van der Waals surface area contributed by atoms with Crippen molar-refractivity contribution in [1.82, 2.24) is 9.97 Å². The molecule has 1 heterocycles. The van der Waals surface area contributed by atoms with Crippen LogP contribution < -0.4 is 10.6 Å². The van der Waals surface area contributed by atoms with Crippen molar-refractivity contribution in [3.8, 4) is 0 Å². The lowest BCUT2D eigenvalue weighted by Gasteiger charge is -2.22. The maximum Gasteiger partial charge on any atom is 0.172 e. The number of hydrogen-bond acceptors (Lipinski definition) is 4. The number of nitrogen functional groups attached to an aromatic ring is 1. The van der Waals surface area contributed by atoms with Gasteiger partial charge in [0.1, 0.15) is 0 Å². The molecule has 0 aromatic carbocycles. The Kier molecular flexibility index (Phi) is 2.35. The van der Waals surface area contributed by atoms with Gasteiger partial charge in [-0.15, -0.1) is 6.58 Å². The van der Waals surface area contributed by atoms with Gasteiger partial charge in [-0.05, 0) is 12.8 Å². The third-order valence-electron chi connectivity index (χ3n) is 2.29. The molecule has 1 saturated carbocycles. The normalized spacial score (nSPS) is 15.1. The van der Waals surface area contributed by atoms with Gasteiger partial charge in [0.05, 0.1) is 0 Å². The summed E-state index contributed by atoms with van der Waals surface area (Å²) in [4.78, 5) is 10.4. The van der Waals surface area contributed by atoms with Gasteiger partial charge in [0.25, 0.3) is 0 Å². The van der Waals surface area contributed by atoms with E-state index in [9.17, 15) is 0 Å². The molecule has 2 rings (SSSR count). The molecule has 0 spiro atoms. The van der Waals surface area contributed by atoms with Crippen LogP contribution in [0.15, 0.2) is 25.0 Å². The standard InChI is InChI=1S/C10H14N4/c1-2-7-14(8-3-4-8)10-9(11)12-5-6-13-10/h2,5-6,8H,1,3-4,7H2,(H2,11,12). The molecule has 1 aliphatic rings. The molecule has 4 heteroatoms. The summed E-state index contributed by atoms with van der Waals surface area (Å²) >= 11 is 0. The molecular formula is C10H14N4. The molecular weight excluding hydrogens is 176 g/mol. The van der Waals surface area contributed by atoms with Gasteiger partial charge < -0.3 is 10.6 Å². The molecule has 74 valence electrons. The van der Waals surface area contributed by atoms with E-state index in [1.54, 1.807) is 12.4 Å². The maximum absolute atomic E-state index is 5.77. The first-order valence-corrected chi connectivity index (χ1v) is 4.77. The van der Waals surface area contributed by atoms with Gasteiger partial charge >= 0.3 is 0 Å². The minimum atomic E-state index is 0.501. The number of hydrogen-bond donors (Lipinski definition) is 1. The predicted octanol–water partition coefficient (Wildman–Crippen LogP) is 1.21. The Hall–Kier alpha value is -1.58. The van der Waals surface area contributed by atoms with Crippen molar-refractivity contribution < 1.29 is 0 Å². The lowest BCUT2D eigenvalue weighted by Crippen LogP contribution is -2.27. The van der Waals surface area contributed by atoms with Crippen LogP contribution >= 0.6 is 0 Å². The highest BCUT2D eigenvalue weighted by Crippen LogP contribution is 2.32. The Bertz CT molecular complexity index is 333. The smallest absolute Gasteiger partial charge is 0.172 e. The highest BCUT2D eigenvalue weighted by molar-refractivity contribution is 5.58. The summed E-state index contributed by atoms with van der Waals surface area (Å²) in [7, 11) is 0. The van der Waals surface area contributed by atoms with Gasteiger partial charge in [-0.25, -0.2) is 9.97 Å². The van der Waals surface area contributed by atoms with Crippen LogP contribution in [0, 0.1) is 0 Å². The zero-order valence-corrected chi connectivity index (χ0v) is 8.06. The van der Waals surface area contributed by atoms with Gasteiger partial charge in [0.15, 0.2) is 11.6 Å². The van der Waals surface area contributed by atoms with Crippen molar-refractivity contribution in [3.05, 3.63) is 25.0 Å². The second-order valence-corrected chi connectivity index (χ2v) is 3.44. The number of nitrogens with zero attached hydrogens (tertiary/aromatic N) is 3. The summed E-state index contributed by atoms with van der Waals surface area (Å²) in [5.74, 6) is 1.29. The van der Waals surface area contributed by atoms with Crippen LogP contribution in [-0.2, 0) is 0 Å². The van der Waals surface area contributed by atoms with Crippen molar-refractivity contribution in [2.45, 2.75) is 18.9 Å². The summed E-state index contributed by atoms with van der Waals surface area (Å²) in [6.45, 7) is 4.52. The second-order valence-electron chi connectivity index (χ2n) is 3.44. The Morgan fingerprint density at radius 3 is 2.79 bits per heavy atom. The third-order valence-corrected chi connectivity index (χ3v) is 2.29. The first-order chi connectivity index (χ1) is 6.83. The Morgan fingerprint density at radius 2 is 2.21 bits per heavy atom. The Labute approximate surface area is 83.5 Å². The van der Waals surface area contributed by atoms with E-state index in [-0.39, 0.29) is 0 Å². The van der Waals surface area contributed by atoms with Gasteiger partial charge in [0, 0.05) is 25.0 Å². The number of nitrogens with two attached hydrogens (primary N) is 1. The highest BCUT2D eigenvalue weighted by Gasteiger charge is 2.30. The third kappa shape index (κ3) is 1.69. The molecule has 4 nitrogen and oxygen atoms in total. The van der Waals surface area contributed by atoms with E-state index in [1.165, 1.54) is 12.8 Å². The largest absolute Gasteiger partial charge is 0.381 e. The molecule has 1 aromatic rings. The van der Waals surface area contributed by atoms with E-state index >= 15 is 0 Å². The topological polar surface area (TPSA) is 55.0 Å². The van der Waals surface area contributed by atoms with Crippen molar-refractivity contribution in [3.63, 3.8) is 0 Å². The Balaban J connectivity index is 2.25. The van der Waals surface area contributed by atoms with Crippen molar-refractivity contribution in [1.29, 1.82) is 0 Å². The zero-order chi connectivity index (χ0) is 9.97. The van der Waals surface area contributed by atoms with E-state index in [0.717, 1.165) is 12.4 Å². The molecule has 0 radical (unpaired) electrons. The summed E-state index contributed by atoms with van der Waals surface area (Å²) in [5, 5.41) is 0. The lowest BCUT2D eigenvalue weighted by atomic mass is 10.4. The number of anilines is 2. The number of rotatable bonds is 4. The Morgan fingerprint density at radius 1 is 1.50 bits per heavy atom. The van der Waals surface area contributed by atoms with E-state index in [2.05, 4.69) is 21.4 Å². The molecule has 0 aliphatic heterocycles. The molecule has 1 aromatic heterocycles. The molecule has 2 N–H and O–H groups in total. The number of aromatic nitrogens is 2. The fourth-order valence-electron chi connectivity index (χ4n) is 1.50. The van der Waals surface area contributed by atoms with E-state index in [0.29, 0.717) is 11.9 Å². The van der Waals surface area contributed by atoms with Crippen molar-refractivity contribution >= 4 is 11.6 Å². The second kappa shape index (κ2) is 3.65. The first-order valence-electron chi connectivity index (χ1n) is 4.77. The molecule has 1 fully saturated rings. The van der Waals surface area contributed by atoms with E-state index in [1.807, 2.05) is 6.08 Å². The average molecular weight is 190 g/mol. The average Bonchev–Trinajstić information content (AvgIpc) is 2.99. The van der Waals surface area contributed by atoms with Gasteiger partial charge in [-0.1, -0.05) is 6.08 Å². The van der Waals surface area contributed by atoms with E-state index in [4.69, 9.17) is 5.73 Å². The first kappa shape index (κ1) is 8.99. The summed E-state index contributed by atoms with van der Waals surface area (Å²) in [6.07, 6.45) is 7.57. The quantitative estimate of drug-likeness (QED) is 0.725. The van der Waals surface area contributed by atoms with Gasteiger partial charge in [-0.3, -0.25) is 0 Å². The molecule has 0 amide bonds. The van der Waals surface area contributed by atoms with Crippen LogP contribution in [0.1, 0.15) is 12.8 Å². The van der Waals surface area contributed by atoms with Crippen LogP contribution in [0.4, 0.5) is 11.6 Å². The predicted molar refractivity (Wildman–Crippen MR) is 57.0 cm³/mol. The van der Waals surface area contributed by atoms with Crippen molar-refractivity contribution in [2.24, 2.45) is 0 Å². The van der Waals surface area contributed by atoms with Crippen LogP contribution in [-0.4, -0.2) is 22.6 Å². The fourth-order valence-corrected chi connectivity index (χ4v) is 1.50. The highest BCUT2D eigenvalue weighted by atomic mass is 15.2. The minimum Gasteiger partial charge on any atom is -0.381 e. The fraction of sp³-hybridized carbons (Fsp3) is 0.400. The van der Waals surface area contributed by atoms with E-state index < -0.39 is 0 Å². The summed E-state index contributed by atoms with van der Waals surface area (Å²) < 4.78 is 0. The lowest BCUT2D eigenvalue weighted by molar-refractivity contribution is 0.838. The summed E-state index contributed by atoms with van der Waals surface area (Å²) in [6, 6.07) is 0.576. The zero-order valence-electron chi connectivity index (χ0n) is 8.06. The molecule has 0 saturated heterocycles. The SMILES string of the molecule is C=CCN(c1nccnc1N)C1CC1.